The molecule has 4 heteroatoms. The van der Waals surface area contributed by atoms with E-state index >= 15 is 0 Å². The lowest BCUT2D eigenvalue weighted by Gasteiger charge is -2.11. The van der Waals surface area contributed by atoms with E-state index in [0.29, 0.717) is 17.3 Å². The minimum Gasteiger partial charge on any atom is -0.494 e. The summed E-state index contributed by atoms with van der Waals surface area (Å²) in [5, 5.41) is 3.87. The molecule has 0 bridgehead atoms. The Bertz CT molecular complexity index is 545. The molecule has 0 saturated carbocycles. The summed E-state index contributed by atoms with van der Waals surface area (Å²) in [6.07, 6.45) is 0. The summed E-state index contributed by atoms with van der Waals surface area (Å²) in [6, 6.07) is 11.9. The second kappa shape index (κ2) is 5.74. The van der Waals surface area contributed by atoms with Gasteiger partial charge in [0.1, 0.15) is 11.6 Å². The van der Waals surface area contributed by atoms with E-state index in [1.54, 1.807) is 6.07 Å². The van der Waals surface area contributed by atoms with Crippen molar-refractivity contribution in [1.82, 2.24) is 0 Å². The van der Waals surface area contributed by atoms with Gasteiger partial charge in [0.15, 0.2) is 0 Å². The Balaban J connectivity index is 2.13. The van der Waals surface area contributed by atoms with Crippen LogP contribution in [-0.4, -0.2) is 7.11 Å². The molecule has 1 N–H and O–H groups in total. The quantitative estimate of drug-likeness (QED) is 0.899. The van der Waals surface area contributed by atoms with Gasteiger partial charge in [0, 0.05) is 17.6 Å². The molecular formula is C14H13ClFNO. The highest BCUT2D eigenvalue weighted by Gasteiger charge is 2.05. The third-order valence-corrected chi connectivity index (χ3v) is 2.96. The van der Waals surface area contributed by atoms with Gasteiger partial charge in [0.05, 0.1) is 12.8 Å². The van der Waals surface area contributed by atoms with Gasteiger partial charge in [0.25, 0.3) is 0 Å². The predicted molar refractivity (Wildman–Crippen MR) is 71.7 cm³/mol. The number of benzene rings is 2. The summed E-state index contributed by atoms with van der Waals surface area (Å²) in [4.78, 5) is 0. The van der Waals surface area contributed by atoms with Gasteiger partial charge < -0.3 is 10.1 Å². The van der Waals surface area contributed by atoms with E-state index in [4.69, 9.17) is 16.3 Å². The van der Waals surface area contributed by atoms with Crippen molar-refractivity contribution in [3.63, 3.8) is 0 Å². The van der Waals surface area contributed by atoms with Crippen LogP contribution in [-0.2, 0) is 6.54 Å². The largest absolute Gasteiger partial charge is 0.494 e. The minimum absolute atomic E-state index is 0.324. The zero-order valence-corrected chi connectivity index (χ0v) is 10.7. The van der Waals surface area contributed by atoms with Crippen LogP contribution in [0.3, 0.4) is 0 Å². The molecule has 18 heavy (non-hydrogen) atoms. The molecule has 0 radical (unpaired) electrons. The molecule has 2 aromatic rings. The Hall–Kier alpha value is -1.74. The van der Waals surface area contributed by atoms with Crippen molar-refractivity contribution in [2.45, 2.75) is 6.54 Å². The number of methoxy groups -OCH3 is 1. The van der Waals surface area contributed by atoms with Crippen molar-refractivity contribution in [1.29, 1.82) is 0 Å². The van der Waals surface area contributed by atoms with E-state index in [1.165, 1.54) is 19.2 Å². The lowest BCUT2D eigenvalue weighted by molar-refractivity contribution is 0.413. The number of anilines is 1. The van der Waals surface area contributed by atoms with Crippen LogP contribution in [0.1, 0.15) is 5.56 Å². The lowest BCUT2D eigenvalue weighted by Crippen LogP contribution is -2.02. The summed E-state index contributed by atoms with van der Waals surface area (Å²) in [7, 11) is 1.51. The van der Waals surface area contributed by atoms with Crippen LogP contribution < -0.4 is 10.1 Å². The van der Waals surface area contributed by atoms with Crippen LogP contribution in [0.15, 0.2) is 42.5 Å². The molecule has 0 aliphatic heterocycles. The van der Waals surface area contributed by atoms with Crippen molar-refractivity contribution in [2.75, 3.05) is 12.4 Å². The topological polar surface area (TPSA) is 21.3 Å². The molecule has 0 aliphatic rings. The van der Waals surface area contributed by atoms with Crippen LogP contribution in [0.5, 0.6) is 5.75 Å². The SMILES string of the molecule is COc1cc(F)ccc1NCc1ccccc1Cl. The molecule has 0 heterocycles. The number of nitrogens with one attached hydrogen (secondary N) is 1. The molecule has 0 atom stereocenters. The molecule has 2 aromatic carbocycles. The normalized spacial score (nSPS) is 10.2. The summed E-state index contributed by atoms with van der Waals surface area (Å²) < 4.78 is 18.1. The van der Waals surface area contributed by atoms with Crippen LogP contribution in [0.2, 0.25) is 5.02 Å². The smallest absolute Gasteiger partial charge is 0.144 e. The van der Waals surface area contributed by atoms with E-state index in [0.717, 1.165) is 11.3 Å². The summed E-state index contributed by atoms with van der Waals surface area (Å²) >= 11 is 6.06. The Labute approximate surface area is 110 Å². The first-order valence-corrected chi connectivity index (χ1v) is 5.89. The highest BCUT2D eigenvalue weighted by atomic mass is 35.5. The Morgan fingerprint density at radius 1 is 1.22 bits per heavy atom. The molecule has 0 saturated heterocycles. The number of rotatable bonds is 4. The molecule has 0 fully saturated rings. The molecule has 0 unspecified atom stereocenters. The maximum absolute atomic E-state index is 13.0. The van der Waals surface area contributed by atoms with Crippen LogP contribution >= 0.6 is 11.6 Å². The highest BCUT2D eigenvalue weighted by molar-refractivity contribution is 6.31. The molecule has 0 aliphatic carbocycles. The monoisotopic (exact) mass is 265 g/mol. The molecule has 2 rings (SSSR count). The average molecular weight is 266 g/mol. The standard InChI is InChI=1S/C14H13ClFNO/c1-18-14-8-11(16)6-7-13(14)17-9-10-4-2-3-5-12(10)15/h2-8,17H,9H2,1H3. The number of ether oxygens (including phenoxy) is 1. The van der Waals surface area contributed by atoms with Crippen molar-refractivity contribution < 1.29 is 9.13 Å². The van der Waals surface area contributed by atoms with Crippen molar-refractivity contribution >= 4 is 17.3 Å². The van der Waals surface area contributed by atoms with Gasteiger partial charge in [-0.3, -0.25) is 0 Å². The van der Waals surface area contributed by atoms with Gasteiger partial charge in [-0.1, -0.05) is 29.8 Å². The summed E-state index contributed by atoms with van der Waals surface area (Å²) in [6.45, 7) is 0.557. The van der Waals surface area contributed by atoms with Crippen LogP contribution in [0.25, 0.3) is 0 Å². The molecule has 94 valence electrons. The number of hydrogen-bond donors (Lipinski definition) is 1. The first kappa shape index (κ1) is 12.7. The number of halogens is 2. The van der Waals surface area contributed by atoms with Gasteiger partial charge in [-0.15, -0.1) is 0 Å². The zero-order chi connectivity index (χ0) is 13.0. The fourth-order valence-electron chi connectivity index (χ4n) is 1.64. The second-order valence-corrected chi connectivity index (χ2v) is 4.20. The average Bonchev–Trinajstić information content (AvgIpc) is 2.39. The van der Waals surface area contributed by atoms with Crippen molar-refractivity contribution in [3.8, 4) is 5.75 Å². The Morgan fingerprint density at radius 3 is 2.72 bits per heavy atom. The number of hydrogen-bond acceptors (Lipinski definition) is 2. The van der Waals surface area contributed by atoms with E-state index in [1.807, 2.05) is 24.3 Å². The second-order valence-electron chi connectivity index (χ2n) is 3.79. The Morgan fingerprint density at radius 2 is 2.00 bits per heavy atom. The van der Waals surface area contributed by atoms with E-state index in [-0.39, 0.29) is 5.82 Å². The zero-order valence-electron chi connectivity index (χ0n) is 9.91. The van der Waals surface area contributed by atoms with Gasteiger partial charge in [-0.05, 0) is 23.8 Å². The molecule has 0 amide bonds. The summed E-state index contributed by atoms with van der Waals surface area (Å²) in [5.74, 6) is 0.150. The third kappa shape index (κ3) is 2.93. The molecule has 0 aromatic heterocycles. The van der Waals surface area contributed by atoms with Gasteiger partial charge in [-0.2, -0.15) is 0 Å². The minimum atomic E-state index is -0.324. The Kier molecular flexibility index (Phi) is 4.05. The highest BCUT2D eigenvalue weighted by Crippen LogP contribution is 2.26. The maximum Gasteiger partial charge on any atom is 0.144 e. The van der Waals surface area contributed by atoms with Crippen molar-refractivity contribution in [2.24, 2.45) is 0 Å². The van der Waals surface area contributed by atoms with E-state index < -0.39 is 0 Å². The molecule has 0 spiro atoms. The third-order valence-electron chi connectivity index (χ3n) is 2.59. The van der Waals surface area contributed by atoms with E-state index in [9.17, 15) is 4.39 Å². The van der Waals surface area contributed by atoms with Gasteiger partial charge in [0.2, 0.25) is 0 Å². The van der Waals surface area contributed by atoms with Crippen molar-refractivity contribution in [3.05, 3.63) is 58.9 Å². The maximum atomic E-state index is 13.0. The predicted octanol–water partition coefficient (Wildman–Crippen LogP) is 4.10. The van der Waals surface area contributed by atoms with Crippen LogP contribution in [0.4, 0.5) is 10.1 Å². The summed E-state index contributed by atoms with van der Waals surface area (Å²) in [5.41, 5.74) is 1.71. The molecular weight excluding hydrogens is 253 g/mol. The lowest BCUT2D eigenvalue weighted by atomic mass is 10.2. The first-order chi connectivity index (χ1) is 8.70. The van der Waals surface area contributed by atoms with Crippen LogP contribution in [0, 0.1) is 5.82 Å². The fourth-order valence-corrected chi connectivity index (χ4v) is 1.85. The van der Waals surface area contributed by atoms with Gasteiger partial charge in [-0.25, -0.2) is 4.39 Å². The molecule has 2 nitrogen and oxygen atoms in total. The fraction of sp³-hybridized carbons (Fsp3) is 0.143. The van der Waals surface area contributed by atoms with E-state index in [2.05, 4.69) is 5.32 Å². The first-order valence-electron chi connectivity index (χ1n) is 5.51. The van der Waals surface area contributed by atoms with Gasteiger partial charge >= 0.3 is 0 Å².